The van der Waals surface area contributed by atoms with E-state index in [4.69, 9.17) is 18.9 Å². The maximum absolute atomic E-state index is 6.52. The Balaban J connectivity index is 1.42. The third-order valence-corrected chi connectivity index (χ3v) is 7.11. The van der Waals surface area contributed by atoms with Gasteiger partial charge in [0, 0.05) is 25.9 Å². The molecule has 29 heavy (non-hydrogen) atoms. The van der Waals surface area contributed by atoms with Crippen LogP contribution in [-0.4, -0.2) is 62.5 Å². The summed E-state index contributed by atoms with van der Waals surface area (Å²) in [6.07, 6.45) is 8.20. The molecule has 0 aromatic rings. The van der Waals surface area contributed by atoms with Crippen LogP contribution in [-0.2, 0) is 18.9 Å². The molecule has 170 valence electrons. The molecule has 0 N–H and O–H groups in total. The highest BCUT2D eigenvalue weighted by Gasteiger charge is 2.46. The van der Waals surface area contributed by atoms with Gasteiger partial charge >= 0.3 is 0 Å². The van der Waals surface area contributed by atoms with Gasteiger partial charge in [0.2, 0.25) is 0 Å². The minimum atomic E-state index is -0.303. The lowest BCUT2D eigenvalue weighted by Gasteiger charge is -2.43. The molecule has 1 aliphatic carbocycles. The first-order valence-electron chi connectivity index (χ1n) is 12.1. The number of ether oxygens (including phenoxy) is 4. The van der Waals surface area contributed by atoms with E-state index in [0.717, 1.165) is 77.0 Å². The van der Waals surface area contributed by atoms with Crippen LogP contribution < -0.4 is 0 Å². The Morgan fingerprint density at radius 1 is 1.07 bits per heavy atom. The van der Waals surface area contributed by atoms with Crippen LogP contribution in [0.3, 0.4) is 0 Å². The zero-order valence-electron chi connectivity index (χ0n) is 19.6. The maximum atomic E-state index is 6.52. The summed E-state index contributed by atoms with van der Waals surface area (Å²) in [5.41, 5.74) is 0.415. The van der Waals surface area contributed by atoms with Gasteiger partial charge in [-0.15, -0.1) is 0 Å². The molecule has 1 saturated carbocycles. The first-order valence-corrected chi connectivity index (χ1v) is 12.1. The quantitative estimate of drug-likeness (QED) is 0.515. The van der Waals surface area contributed by atoms with E-state index in [9.17, 15) is 0 Å². The maximum Gasteiger partial charge on any atom is 0.170 e. The van der Waals surface area contributed by atoms with Gasteiger partial charge in [-0.05, 0) is 55.9 Å². The average Bonchev–Trinajstić information content (AvgIpc) is 3.30. The summed E-state index contributed by atoms with van der Waals surface area (Å²) >= 11 is 0. The van der Waals surface area contributed by atoms with Crippen molar-refractivity contribution >= 4 is 0 Å². The number of nitrogens with zero attached hydrogens (tertiary/aromatic N) is 1. The van der Waals surface area contributed by atoms with E-state index >= 15 is 0 Å². The molecule has 0 bridgehead atoms. The molecule has 0 radical (unpaired) electrons. The lowest BCUT2D eigenvalue weighted by Crippen LogP contribution is -2.40. The van der Waals surface area contributed by atoms with Crippen molar-refractivity contribution in [1.82, 2.24) is 4.90 Å². The minimum Gasteiger partial charge on any atom is -0.349 e. The lowest BCUT2D eigenvalue weighted by molar-refractivity contribution is -0.198. The van der Waals surface area contributed by atoms with Crippen molar-refractivity contribution in [3.8, 4) is 0 Å². The summed E-state index contributed by atoms with van der Waals surface area (Å²) in [5, 5.41) is 0. The van der Waals surface area contributed by atoms with Crippen molar-refractivity contribution in [2.75, 3.05) is 39.5 Å². The van der Waals surface area contributed by atoms with E-state index < -0.39 is 0 Å². The van der Waals surface area contributed by atoms with E-state index in [1.165, 1.54) is 19.3 Å². The Morgan fingerprint density at radius 2 is 1.76 bits per heavy atom. The van der Waals surface area contributed by atoms with Gasteiger partial charge < -0.3 is 18.9 Å². The molecule has 0 aromatic carbocycles. The number of rotatable bonds is 10. The zero-order chi connectivity index (χ0) is 20.9. The minimum absolute atomic E-state index is 0.0573. The summed E-state index contributed by atoms with van der Waals surface area (Å²) in [6, 6.07) is 0. The highest BCUT2D eigenvalue weighted by atomic mass is 16.7. The third-order valence-electron chi connectivity index (χ3n) is 7.11. The molecule has 1 atom stereocenters. The third kappa shape index (κ3) is 6.64. The molecule has 0 aromatic heterocycles. The highest BCUT2D eigenvalue weighted by Crippen LogP contribution is 2.48. The van der Waals surface area contributed by atoms with Crippen LogP contribution in [0.25, 0.3) is 0 Å². The van der Waals surface area contributed by atoms with E-state index in [1.54, 1.807) is 0 Å². The van der Waals surface area contributed by atoms with Crippen LogP contribution in [0.4, 0.5) is 0 Å². The van der Waals surface area contributed by atoms with Gasteiger partial charge in [-0.2, -0.15) is 0 Å². The van der Waals surface area contributed by atoms with Crippen molar-refractivity contribution in [2.45, 2.75) is 97.7 Å². The van der Waals surface area contributed by atoms with E-state index in [2.05, 4.69) is 39.5 Å². The molecule has 3 rings (SSSR count). The predicted octanol–water partition coefficient (Wildman–Crippen LogP) is 4.84. The molecule has 5 nitrogen and oxygen atoms in total. The van der Waals surface area contributed by atoms with Gasteiger partial charge in [0.15, 0.2) is 12.1 Å². The molecular formula is C24H45NO4. The predicted molar refractivity (Wildman–Crippen MR) is 116 cm³/mol. The summed E-state index contributed by atoms with van der Waals surface area (Å²) < 4.78 is 24.1. The molecule has 0 amide bonds. The van der Waals surface area contributed by atoms with Gasteiger partial charge in [-0.3, -0.25) is 4.90 Å². The van der Waals surface area contributed by atoms with Crippen molar-refractivity contribution in [2.24, 2.45) is 17.3 Å². The summed E-state index contributed by atoms with van der Waals surface area (Å²) in [7, 11) is 0. The van der Waals surface area contributed by atoms with Crippen LogP contribution >= 0.6 is 0 Å². The van der Waals surface area contributed by atoms with E-state index in [-0.39, 0.29) is 18.2 Å². The molecule has 1 spiro atoms. The zero-order valence-corrected chi connectivity index (χ0v) is 19.6. The molecule has 1 unspecified atom stereocenters. The molecule has 2 heterocycles. The first kappa shape index (κ1) is 23.5. The molecular weight excluding hydrogens is 366 g/mol. The highest BCUT2D eigenvalue weighted by molar-refractivity contribution is 4.90. The monoisotopic (exact) mass is 411 g/mol. The smallest absolute Gasteiger partial charge is 0.170 e. The number of hydrogen-bond acceptors (Lipinski definition) is 5. The summed E-state index contributed by atoms with van der Waals surface area (Å²) in [4.78, 5) is 2.45. The fourth-order valence-corrected chi connectivity index (χ4v) is 5.74. The van der Waals surface area contributed by atoms with Crippen molar-refractivity contribution in [3.05, 3.63) is 0 Å². The fraction of sp³-hybridized carbons (Fsp3) is 1.00. The van der Waals surface area contributed by atoms with Crippen LogP contribution in [0, 0.1) is 17.3 Å². The second-order valence-electron chi connectivity index (χ2n) is 10.6. The number of hydrogen-bond donors (Lipinski definition) is 0. The van der Waals surface area contributed by atoms with Gasteiger partial charge in [-0.1, -0.05) is 34.6 Å². The van der Waals surface area contributed by atoms with E-state index in [0.29, 0.717) is 5.41 Å². The first-order chi connectivity index (χ1) is 13.8. The Morgan fingerprint density at radius 3 is 2.38 bits per heavy atom. The second kappa shape index (κ2) is 10.4. The fourth-order valence-electron chi connectivity index (χ4n) is 5.74. The van der Waals surface area contributed by atoms with Crippen LogP contribution in [0.5, 0.6) is 0 Å². The van der Waals surface area contributed by atoms with Crippen LogP contribution in [0.15, 0.2) is 0 Å². The molecule has 5 heteroatoms. The van der Waals surface area contributed by atoms with Crippen LogP contribution in [0.2, 0.25) is 0 Å². The summed E-state index contributed by atoms with van der Waals surface area (Å²) in [5.74, 6) is 1.24. The Kier molecular flexibility index (Phi) is 8.42. The largest absolute Gasteiger partial charge is 0.349 e. The Bertz CT molecular complexity index is 481. The Hall–Kier alpha value is -0.200. The lowest BCUT2D eigenvalue weighted by atomic mass is 9.66. The average molecular weight is 412 g/mol. The SMILES string of the molecule is CCCN(CCC1COC2(CCC(C(C)(C)CC(C)C)CC2)O1)CC1OCCO1. The van der Waals surface area contributed by atoms with Gasteiger partial charge in [0.05, 0.1) is 25.9 Å². The Labute approximate surface area is 178 Å². The second-order valence-corrected chi connectivity index (χ2v) is 10.6. The van der Waals surface area contributed by atoms with Crippen molar-refractivity contribution in [1.29, 1.82) is 0 Å². The molecule has 2 saturated heterocycles. The normalized spacial score (nSPS) is 31.6. The molecule has 2 aliphatic heterocycles. The van der Waals surface area contributed by atoms with E-state index in [1.807, 2.05) is 0 Å². The van der Waals surface area contributed by atoms with Crippen molar-refractivity contribution in [3.63, 3.8) is 0 Å². The standard InChI is InChI=1S/C24H45NO4/c1-6-12-25(17-22-26-14-15-27-22)13-9-21-18-28-24(29-21)10-7-20(8-11-24)23(4,5)16-19(2)3/h19-22H,6-18H2,1-5H3. The molecule has 3 aliphatic rings. The molecule has 3 fully saturated rings. The topological polar surface area (TPSA) is 40.2 Å². The van der Waals surface area contributed by atoms with Gasteiger partial charge in [0.1, 0.15) is 0 Å². The summed E-state index contributed by atoms with van der Waals surface area (Å²) in [6.45, 7) is 17.0. The van der Waals surface area contributed by atoms with Crippen molar-refractivity contribution < 1.29 is 18.9 Å². The van der Waals surface area contributed by atoms with Gasteiger partial charge in [0.25, 0.3) is 0 Å². The van der Waals surface area contributed by atoms with Crippen LogP contribution in [0.1, 0.15) is 79.6 Å². The van der Waals surface area contributed by atoms with Gasteiger partial charge in [-0.25, -0.2) is 0 Å².